The van der Waals surface area contributed by atoms with E-state index < -0.39 is 26.7 Å². The Bertz CT molecular complexity index is 1280. The largest absolute Gasteiger partial charge is 0.369 e. The predicted octanol–water partition coefficient (Wildman–Crippen LogP) is 5.09. The zero-order chi connectivity index (χ0) is 24.5. The van der Waals surface area contributed by atoms with Crippen molar-refractivity contribution >= 4 is 33.1 Å². The van der Waals surface area contributed by atoms with Gasteiger partial charge in [-0.05, 0) is 37.1 Å². The summed E-state index contributed by atoms with van der Waals surface area (Å²) in [7, 11) is -2.54. The maximum atomic E-state index is 15.0. The van der Waals surface area contributed by atoms with Gasteiger partial charge in [0, 0.05) is 38.3 Å². The Morgan fingerprint density at radius 3 is 2.59 bits per heavy atom. The highest BCUT2D eigenvalue weighted by Crippen LogP contribution is 2.34. The second kappa shape index (κ2) is 9.85. The summed E-state index contributed by atoms with van der Waals surface area (Å²) in [4.78, 5) is 7.07. The summed E-state index contributed by atoms with van der Waals surface area (Å²) in [6.45, 7) is 3.80. The van der Waals surface area contributed by atoms with Crippen LogP contribution in [0.1, 0.15) is 24.9 Å². The third-order valence-electron chi connectivity index (χ3n) is 6.20. The number of likely N-dealkylation sites (N-methyl/N-ethyl adjacent to an activating group) is 1. The monoisotopic (exact) mass is 506 g/mol. The van der Waals surface area contributed by atoms with Crippen LogP contribution in [-0.2, 0) is 10.0 Å². The molecule has 2 heterocycles. The Balaban J connectivity index is 1.51. The highest BCUT2D eigenvalue weighted by atomic mass is 35.5. The van der Waals surface area contributed by atoms with E-state index in [1.54, 1.807) is 0 Å². The first-order valence-electron chi connectivity index (χ1n) is 10.8. The molecule has 34 heavy (non-hydrogen) atoms. The molecule has 4 rings (SSSR count). The van der Waals surface area contributed by atoms with Gasteiger partial charge in [-0.2, -0.15) is 4.39 Å². The van der Waals surface area contributed by atoms with Gasteiger partial charge in [0.1, 0.15) is 16.5 Å². The molecule has 0 aliphatic carbocycles. The van der Waals surface area contributed by atoms with Crippen LogP contribution in [0.2, 0.25) is 5.02 Å². The molecule has 0 saturated carbocycles. The minimum absolute atomic E-state index is 0.0835. The molecular weight excluding hydrogens is 482 g/mol. The van der Waals surface area contributed by atoms with Crippen molar-refractivity contribution in [3.05, 3.63) is 83.0 Å². The van der Waals surface area contributed by atoms with Gasteiger partial charge < -0.3 is 4.90 Å². The highest BCUT2D eigenvalue weighted by molar-refractivity contribution is 7.92. The Morgan fingerprint density at radius 2 is 1.88 bits per heavy atom. The smallest absolute Gasteiger partial charge is 0.266 e. The summed E-state index contributed by atoms with van der Waals surface area (Å²) >= 11 is 6.41. The molecule has 1 saturated heterocycles. The molecule has 0 spiro atoms. The fourth-order valence-electron chi connectivity index (χ4n) is 4.23. The first-order valence-corrected chi connectivity index (χ1v) is 12.7. The number of anilines is 2. The van der Waals surface area contributed by atoms with Gasteiger partial charge in [0.15, 0.2) is 0 Å². The Labute approximate surface area is 203 Å². The summed E-state index contributed by atoms with van der Waals surface area (Å²) in [6.07, 6.45) is 0.860. The molecule has 0 bridgehead atoms. The zero-order valence-corrected chi connectivity index (χ0v) is 20.3. The fraction of sp³-hybridized carbons (Fsp3) is 0.292. The minimum atomic E-state index is -4.36. The summed E-state index contributed by atoms with van der Waals surface area (Å²) in [5.74, 6) is -2.07. The van der Waals surface area contributed by atoms with Crippen LogP contribution in [0, 0.1) is 11.8 Å². The molecule has 1 N–H and O–H groups in total. The van der Waals surface area contributed by atoms with Crippen molar-refractivity contribution in [1.29, 1.82) is 0 Å². The van der Waals surface area contributed by atoms with E-state index in [0.29, 0.717) is 5.69 Å². The molecule has 1 aliphatic rings. The van der Waals surface area contributed by atoms with Crippen molar-refractivity contribution in [1.82, 2.24) is 9.88 Å². The molecule has 1 aromatic heterocycles. The summed E-state index contributed by atoms with van der Waals surface area (Å²) < 4.78 is 55.7. The van der Waals surface area contributed by atoms with Crippen molar-refractivity contribution in [2.75, 3.05) is 29.8 Å². The topological polar surface area (TPSA) is 65.5 Å². The molecule has 10 heteroatoms. The molecule has 1 unspecified atom stereocenters. The maximum absolute atomic E-state index is 15.0. The molecule has 3 aromatic rings. The molecule has 0 amide bonds. The molecule has 2 atom stereocenters. The SMILES string of the molecule is CC(c1ccccc1)N1CC[C@H](N(C)c2cc(F)c(S(=O)(=O)Nc3cccc(F)n3)cc2Cl)C1. The lowest BCUT2D eigenvalue weighted by Crippen LogP contribution is -2.35. The van der Waals surface area contributed by atoms with Crippen LogP contribution in [0.4, 0.5) is 20.3 Å². The van der Waals surface area contributed by atoms with Crippen LogP contribution in [0.25, 0.3) is 0 Å². The number of nitrogens with zero attached hydrogens (tertiary/aromatic N) is 3. The maximum Gasteiger partial charge on any atom is 0.266 e. The third-order valence-corrected chi connectivity index (χ3v) is 7.87. The summed E-state index contributed by atoms with van der Waals surface area (Å²) in [6, 6.07) is 16.4. The van der Waals surface area contributed by atoms with Gasteiger partial charge in [0.25, 0.3) is 10.0 Å². The number of likely N-dealkylation sites (tertiary alicyclic amines) is 1. The molecule has 1 aliphatic heterocycles. The van der Waals surface area contributed by atoms with E-state index in [9.17, 15) is 17.2 Å². The van der Waals surface area contributed by atoms with Crippen LogP contribution < -0.4 is 9.62 Å². The Kier molecular flexibility index (Phi) is 7.06. The van der Waals surface area contributed by atoms with Gasteiger partial charge in [-0.3, -0.25) is 9.62 Å². The zero-order valence-electron chi connectivity index (χ0n) is 18.7. The number of rotatable bonds is 7. The first kappa shape index (κ1) is 24.4. The predicted molar refractivity (Wildman–Crippen MR) is 130 cm³/mol. The van der Waals surface area contributed by atoms with E-state index in [1.807, 2.05) is 30.1 Å². The standard InChI is InChI=1S/C24H25ClF2N4O2S/c1-16(17-7-4-3-5-8-17)31-12-11-18(15-31)30(2)21-14-20(26)22(13-19(21)25)34(32,33)29-24-10-6-9-23(27)28-24/h3-10,13-14,16,18H,11-12,15H2,1-2H3,(H,28,29)/t16?,18-/m0/s1. The second-order valence-corrected chi connectivity index (χ2v) is 10.4. The summed E-state index contributed by atoms with van der Waals surface area (Å²) in [5, 5.41) is 0.103. The number of aromatic nitrogens is 1. The van der Waals surface area contributed by atoms with Crippen molar-refractivity contribution in [3.8, 4) is 0 Å². The normalized spacial score (nSPS) is 17.5. The lowest BCUT2D eigenvalue weighted by molar-refractivity contribution is 0.259. The number of pyridine rings is 1. The molecule has 6 nitrogen and oxygen atoms in total. The van der Waals surface area contributed by atoms with Crippen molar-refractivity contribution in [2.45, 2.75) is 30.3 Å². The van der Waals surface area contributed by atoms with Gasteiger partial charge in [-0.15, -0.1) is 0 Å². The van der Waals surface area contributed by atoms with Crippen molar-refractivity contribution < 1.29 is 17.2 Å². The van der Waals surface area contributed by atoms with E-state index in [4.69, 9.17) is 11.6 Å². The van der Waals surface area contributed by atoms with E-state index >= 15 is 0 Å². The number of hydrogen-bond acceptors (Lipinski definition) is 5. The van der Waals surface area contributed by atoms with Gasteiger partial charge >= 0.3 is 0 Å². The van der Waals surface area contributed by atoms with Gasteiger partial charge in [0.2, 0.25) is 5.95 Å². The lowest BCUT2D eigenvalue weighted by Gasteiger charge is -2.30. The molecule has 180 valence electrons. The van der Waals surface area contributed by atoms with Crippen molar-refractivity contribution in [2.24, 2.45) is 0 Å². The fourth-order valence-corrected chi connectivity index (χ4v) is 5.68. The van der Waals surface area contributed by atoms with Gasteiger partial charge in [0.05, 0.1) is 10.7 Å². The average Bonchev–Trinajstić information content (AvgIpc) is 3.30. The number of halogens is 3. The third kappa shape index (κ3) is 5.16. The van der Waals surface area contributed by atoms with Crippen molar-refractivity contribution in [3.63, 3.8) is 0 Å². The van der Waals surface area contributed by atoms with Crippen LogP contribution in [0.3, 0.4) is 0 Å². The molecule has 1 fully saturated rings. The van der Waals surface area contributed by atoms with Gasteiger partial charge in [-0.25, -0.2) is 17.8 Å². The van der Waals surface area contributed by atoms with Crippen LogP contribution in [0.5, 0.6) is 0 Å². The van der Waals surface area contributed by atoms with Crippen LogP contribution in [-0.4, -0.2) is 44.5 Å². The average molecular weight is 507 g/mol. The number of hydrogen-bond donors (Lipinski definition) is 1. The van der Waals surface area contributed by atoms with E-state index in [2.05, 4.69) is 33.7 Å². The van der Waals surface area contributed by atoms with E-state index in [-0.39, 0.29) is 22.9 Å². The summed E-state index contributed by atoms with van der Waals surface area (Å²) in [5.41, 5.74) is 1.63. The van der Waals surface area contributed by atoms with Crippen LogP contribution >= 0.6 is 11.6 Å². The van der Waals surface area contributed by atoms with E-state index in [1.165, 1.54) is 17.7 Å². The Hall–Kier alpha value is -2.75. The number of benzene rings is 2. The Morgan fingerprint density at radius 1 is 1.15 bits per heavy atom. The lowest BCUT2D eigenvalue weighted by atomic mass is 10.1. The van der Waals surface area contributed by atoms with Gasteiger partial charge in [-0.1, -0.05) is 48.0 Å². The minimum Gasteiger partial charge on any atom is -0.369 e. The van der Waals surface area contributed by atoms with Crippen LogP contribution in [0.15, 0.2) is 65.6 Å². The second-order valence-electron chi connectivity index (χ2n) is 8.32. The quantitative estimate of drug-likeness (QED) is 0.452. The molecular formula is C24H25ClF2N4O2S. The molecule has 2 aromatic carbocycles. The first-order chi connectivity index (χ1) is 16.2. The highest BCUT2D eigenvalue weighted by Gasteiger charge is 2.31. The molecule has 0 radical (unpaired) electrons. The number of nitrogens with one attached hydrogen (secondary N) is 1. The van der Waals surface area contributed by atoms with E-state index in [0.717, 1.165) is 37.7 Å². The number of sulfonamides is 1.